The molecule has 150 valence electrons. The molecular formula is C22H23N3O4. The van der Waals surface area contributed by atoms with Gasteiger partial charge in [0.05, 0.1) is 0 Å². The Morgan fingerprint density at radius 1 is 1.00 bits per heavy atom. The number of carbonyl (C=O) groups excluding carboxylic acids is 2. The van der Waals surface area contributed by atoms with Gasteiger partial charge in [0.25, 0.3) is 5.91 Å². The maximum absolute atomic E-state index is 13.6. The molecule has 2 unspecified atom stereocenters. The molecule has 0 bridgehead atoms. The second kappa shape index (κ2) is 7.40. The Labute approximate surface area is 169 Å². The number of ether oxygens (including phenoxy) is 2. The lowest BCUT2D eigenvalue weighted by atomic mass is 9.98. The highest BCUT2D eigenvalue weighted by Gasteiger charge is 2.43. The zero-order valence-electron chi connectivity index (χ0n) is 16.0. The van der Waals surface area contributed by atoms with Gasteiger partial charge in [-0.25, -0.2) is 0 Å². The molecule has 3 aliphatic heterocycles. The van der Waals surface area contributed by atoms with Crippen molar-refractivity contribution in [2.75, 3.05) is 13.3 Å². The molecule has 3 heterocycles. The molecule has 3 aliphatic rings. The van der Waals surface area contributed by atoms with Gasteiger partial charge in [0.1, 0.15) is 12.1 Å². The number of piperidine rings is 1. The summed E-state index contributed by atoms with van der Waals surface area (Å²) in [6.07, 6.45) is 2.57. The summed E-state index contributed by atoms with van der Waals surface area (Å²) in [5.41, 5.74) is 4.83. The average Bonchev–Trinajstić information content (AvgIpc) is 3.19. The molecule has 0 aromatic heterocycles. The Morgan fingerprint density at radius 3 is 2.69 bits per heavy atom. The third-order valence-electron chi connectivity index (χ3n) is 5.80. The highest BCUT2D eigenvalue weighted by molar-refractivity contribution is 5.92. The van der Waals surface area contributed by atoms with E-state index in [1.54, 1.807) is 9.91 Å². The number of carbonyl (C=O) groups is 2. The lowest BCUT2D eigenvalue weighted by Gasteiger charge is -2.34. The van der Waals surface area contributed by atoms with Gasteiger partial charge in [-0.2, -0.15) is 5.01 Å². The van der Waals surface area contributed by atoms with Gasteiger partial charge < -0.3 is 14.4 Å². The normalized spacial score (nSPS) is 24.1. The van der Waals surface area contributed by atoms with Gasteiger partial charge in [0, 0.05) is 13.1 Å². The van der Waals surface area contributed by atoms with E-state index in [0.717, 1.165) is 24.0 Å². The molecule has 0 spiro atoms. The molecule has 2 aromatic rings. The molecule has 1 N–H and O–H groups in total. The number of amides is 2. The van der Waals surface area contributed by atoms with Crippen LogP contribution in [-0.2, 0) is 16.1 Å². The second-order valence-corrected chi connectivity index (χ2v) is 7.65. The Hall–Kier alpha value is -3.06. The lowest BCUT2D eigenvalue weighted by Crippen LogP contribution is -2.49. The third-order valence-corrected chi connectivity index (χ3v) is 5.80. The van der Waals surface area contributed by atoms with E-state index in [-0.39, 0.29) is 18.6 Å². The summed E-state index contributed by atoms with van der Waals surface area (Å²) in [6.45, 7) is 1.21. The Bertz CT molecular complexity index is 933. The van der Waals surface area contributed by atoms with Crippen LogP contribution in [0, 0.1) is 0 Å². The molecule has 2 atom stereocenters. The van der Waals surface area contributed by atoms with Crippen molar-refractivity contribution in [3.05, 3.63) is 59.7 Å². The van der Waals surface area contributed by atoms with E-state index in [0.29, 0.717) is 31.0 Å². The summed E-state index contributed by atoms with van der Waals surface area (Å²) < 4.78 is 10.9. The average molecular weight is 393 g/mol. The van der Waals surface area contributed by atoms with Crippen molar-refractivity contribution in [2.45, 2.75) is 37.9 Å². The largest absolute Gasteiger partial charge is 0.454 e. The Balaban J connectivity index is 1.55. The van der Waals surface area contributed by atoms with Crippen molar-refractivity contribution in [2.24, 2.45) is 0 Å². The van der Waals surface area contributed by atoms with E-state index in [4.69, 9.17) is 9.47 Å². The van der Waals surface area contributed by atoms with Crippen LogP contribution < -0.4 is 14.9 Å². The highest BCUT2D eigenvalue weighted by Crippen LogP contribution is 2.37. The number of benzene rings is 2. The molecule has 0 aliphatic carbocycles. The topological polar surface area (TPSA) is 71.1 Å². The first-order valence-corrected chi connectivity index (χ1v) is 10.0. The number of fused-ring (bicyclic) bond motifs is 2. The number of hydrogen-bond donors (Lipinski definition) is 1. The summed E-state index contributed by atoms with van der Waals surface area (Å²) in [4.78, 5) is 28.4. The minimum absolute atomic E-state index is 0.0529. The predicted octanol–water partition coefficient (Wildman–Crippen LogP) is 2.38. The van der Waals surface area contributed by atoms with Crippen LogP contribution in [0.25, 0.3) is 0 Å². The number of hydrazine groups is 1. The molecule has 7 nitrogen and oxygen atoms in total. The lowest BCUT2D eigenvalue weighted by molar-refractivity contribution is -0.141. The standard InChI is InChI=1S/C22H23N3O4/c26-21-17-8-4-5-11-24(17)22(27)20(16-9-10-18-19(12-16)29-14-28-18)25(23-21)13-15-6-2-1-3-7-15/h1-3,6-7,9-10,12,17,20H,4-5,8,11,13-14H2,(H,23,26). The van der Waals surface area contributed by atoms with Crippen LogP contribution in [-0.4, -0.2) is 41.1 Å². The van der Waals surface area contributed by atoms with Crippen molar-refractivity contribution >= 4 is 11.8 Å². The van der Waals surface area contributed by atoms with Crippen LogP contribution >= 0.6 is 0 Å². The van der Waals surface area contributed by atoms with Gasteiger partial charge in [-0.1, -0.05) is 36.4 Å². The minimum Gasteiger partial charge on any atom is -0.454 e. The molecule has 29 heavy (non-hydrogen) atoms. The Morgan fingerprint density at radius 2 is 1.83 bits per heavy atom. The monoisotopic (exact) mass is 393 g/mol. The van der Waals surface area contributed by atoms with Crippen molar-refractivity contribution in [1.29, 1.82) is 0 Å². The number of hydrogen-bond acceptors (Lipinski definition) is 5. The zero-order valence-corrected chi connectivity index (χ0v) is 16.0. The third kappa shape index (κ3) is 3.31. The number of nitrogens with zero attached hydrogens (tertiary/aromatic N) is 2. The first kappa shape index (κ1) is 18.0. The summed E-state index contributed by atoms with van der Waals surface area (Å²) in [7, 11) is 0. The van der Waals surface area contributed by atoms with Crippen LogP contribution in [0.4, 0.5) is 0 Å². The summed E-state index contributed by atoms with van der Waals surface area (Å²) in [5, 5.41) is 1.76. The maximum Gasteiger partial charge on any atom is 0.257 e. The first-order valence-electron chi connectivity index (χ1n) is 10.0. The van der Waals surface area contributed by atoms with Gasteiger partial charge in [0.2, 0.25) is 12.7 Å². The Kier molecular flexibility index (Phi) is 4.60. The van der Waals surface area contributed by atoms with Crippen LogP contribution in [0.3, 0.4) is 0 Å². The van der Waals surface area contributed by atoms with Gasteiger partial charge in [-0.3, -0.25) is 15.0 Å². The fraction of sp³-hybridized carbons (Fsp3) is 0.364. The SMILES string of the molecule is O=C1NN(Cc2ccccc2)C(c2ccc3c(c2)OCO3)C(=O)N2CCCCC12. The molecular weight excluding hydrogens is 370 g/mol. The molecule has 2 saturated heterocycles. The van der Waals surface area contributed by atoms with E-state index in [1.165, 1.54) is 0 Å². The zero-order chi connectivity index (χ0) is 19.8. The van der Waals surface area contributed by atoms with E-state index in [9.17, 15) is 9.59 Å². The summed E-state index contributed by atoms with van der Waals surface area (Å²) in [6, 6.07) is 14.4. The fourth-order valence-corrected chi connectivity index (χ4v) is 4.36. The van der Waals surface area contributed by atoms with Crippen molar-refractivity contribution < 1.29 is 19.1 Å². The molecule has 2 fully saturated rings. The van der Waals surface area contributed by atoms with Crippen LogP contribution in [0.2, 0.25) is 0 Å². The van der Waals surface area contributed by atoms with E-state index in [1.807, 2.05) is 48.5 Å². The van der Waals surface area contributed by atoms with Gasteiger partial charge in [-0.05, 0) is 42.5 Å². The smallest absolute Gasteiger partial charge is 0.257 e. The van der Waals surface area contributed by atoms with Crippen molar-refractivity contribution in [3.63, 3.8) is 0 Å². The van der Waals surface area contributed by atoms with Gasteiger partial charge in [-0.15, -0.1) is 0 Å². The van der Waals surface area contributed by atoms with Crippen molar-refractivity contribution in [3.8, 4) is 11.5 Å². The van der Waals surface area contributed by atoms with Crippen LogP contribution in [0.1, 0.15) is 36.4 Å². The van der Waals surface area contributed by atoms with E-state index in [2.05, 4.69) is 5.43 Å². The number of rotatable bonds is 3. The highest BCUT2D eigenvalue weighted by atomic mass is 16.7. The van der Waals surface area contributed by atoms with Crippen molar-refractivity contribution in [1.82, 2.24) is 15.3 Å². The second-order valence-electron chi connectivity index (χ2n) is 7.65. The molecule has 2 aromatic carbocycles. The molecule has 5 rings (SSSR count). The maximum atomic E-state index is 13.6. The quantitative estimate of drug-likeness (QED) is 0.867. The predicted molar refractivity (Wildman–Crippen MR) is 105 cm³/mol. The van der Waals surface area contributed by atoms with E-state index < -0.39 is 12.1 Å². The molecule has 2 amide bonds. The summed E-state index contributed by atoms with van der Waals surface area (Å²) >= 11 is 0. The van der Waals surface area contributed by atoms with Crippen LogP contribution in [0.5, 0.6) is 11.5 Å². The molecule has 0 radical (unpaired) electrons. The number of nitrogens with one attached hydrogen (secondary N) is 1. The first-order chi connectivity index (χ1) is 14.2. The minimum atomic E-state index is -0.628. The van der Waals surface area contributed by atoms with Gasteiger partial charge in [0.15, 0.2) is 11.5 Å². The van der Waals surface area contributed by atoms with Gasteiger partial charge >= 0.3 is 0 Å². The molecule has 7 heteroatoms. The summed E-state index contributed by atoms with van der Waals surface area (Å²) in [5.74, 6) is 1.13. The molecule has 0 saturated carbocycles. The van der Waals surface area contributed by atoms with Crippen LogP contribution in [0.15, 0.2) is 48.5 Å². The fourth-order valence-electron chi connectivity index (χ4n) is 4.36. The van der Waals surface area contributed by atoms with E-state index >= 15 is 0 Å².